The van der Waals surface area contributed by atoms with Gasteiger partial charge in [0.2, 0.25) is 5.91 Å². The predicted octanol–water partition coefficient (Wildman–Crippen LogP) is 4.36. The van der Waals surface area contributed by atoms with Crippen molar-refractivity contribution in [1.29, 1.82) is 0 Å². The lowest BCUT2D eigenvalue weighted by molar-refractivity contribution is -0.116. The molecule has 5 heteroatoms. The minimum atomic E-state index is -0.222. The van der Waals surface area contributed by atoms with Gasteiger partial charge < -0.3 is 5.32 Å². The van der Waals surface area contributed by atoms with Crippen LogP contribution in [0, 0.1) is 0 Å². The number of halogens is 1. The highest BCUT2D eigenvalue weighted by atomic mass is 79.9. The number of hydrogen-bond acceptors (Lipinski definition) is 3. The molecule has 1 N–H and O–H groups in total. The Labute approximate surface area is 154 Å². The SMILES string of the molecule is O=C(CCCCCBr)Nc1cccc2c1C(=O)c1ccccc1C2=O. The maximum atomic E-state index is 12.8. The first-order chi connectivity index (χ1) is 12.1. The molecule has 0 aliphatic heterocycles. The molecule has 0 radical (unpaired) electrons. The van der Waals surface area contributed by atoms with Crippen LogP contribution in [0.1, 0.15) is 57.5 Å². The van der Waals surface area contributed by atoms with Gasteiger partial charge in [0, 0.05) is 28.4 Å². The van der Waals surface area contributed by atoms with E-state index in [2.05, 4.69) is 21.2 Å². The molecule has 2 aromatic carbocycles. The predicted molar refractivity (Wildman–Crippen MR) is 101 cm³/mol. The maximum Gasteiger partial charge on any atom is 0.224 e. The topological polar surface area (TPSA) is 63.2 Å². The summed E-state index contributed by atoms with van der Waals surface area (Å²) < 4.78 is 0. The molecule has 4 nitrogen and oxygen atoms in total. The van der Waals surface area contributed by atoms with Crippen LogP contribution in [-0.2, 0) is 4.79 Å². The lowest BCUT2D eigenvalue weighted by Crippen LogP contribution is -2.23. The molecule has 25 heavy (non-hydrogen) atoms. The number of ketones is 2. The highest BCUT2D eigenvalue weighted by molar-refractivity contribution is 9.09. The minimum absolute atomic E-state index is 0.137. The second-order valence-electron chi connectivity index (χ2n) is 5.98. The van der Waals surface area contributed by atoms with Crippen LogP contribution in [0.25, 0.3) is 0 Å². The lowest BCUT2D eigenvalue weighted by atomic mass is 9.83. The normalized spacial score (nSPS) is 12.5. The molecule has 0 spiro atoms. The van der Waals surface area contributed by atoms with Crippen LogP contribution in [0.15, 0.2) is 42.5 Å². The van der Waals surface area contributed by atoms with Crippen LogP contribution in [0.2, 0.25) is 0 Å². The summed E-state index contributed by atoms with van der Waals surface area (Å²) >= 11 is 3.37. The van der Waals surface area contributed by atoms with E-state index in [0.29, 0.717) is 34.4 Å². The number of amides is 1. The van der Waals surface area contributed by atoms with Gasteiger partial charge in [0.1, 0.15) is 0 Å². The van der Waals surface area contributed by atoms with Gasteiger partial charge in [-0.3, -0.25) is 14.4 Å². The quantitative estimate of drug-likeness (QED) is 0.494. The number of hydrogen-bond donors (Lipinski definition) is 1. The monoisotopic (exact) mass is 399 g/mol. The molecule has 0 bridgehead atoms. The Hall–Kier alpha value is -2.27. The summed E-state index contributed by atoms with van der Waals surface area (Å²) in [5, 5.41) is 3.73. The molecule has 0 fully saturated rings. The van der Waals surface area contributed by atoms with Crippen molar-refractivity contribution in [3.05, 3.63) is 64.7 Å². The fraction of sp³-hybridized carbons (Fsp3) is 0.250. The second-order valence-corrected chi connectivity index (χ2v) is 6.77. The third-order valence-electron chi connectivity index (χ3n) is 4.26. The van der Waals surface area contributed by atoms with E-state index in [9.17, 15) is 14.4 Å². The number of fused-ring (bicyclic) bond motifs is 2. The molecule has 0 atom stereocenters. The van der Waals surface area contributed by atoms with E-state index in [-0.39, 0.29) is 17.5 Å². The molecular formula is C20H18BrNO3. The number of benzene rings is 2. The second kappa shape index (κ2) is 7.74. The molecular weight excluding hydrogens is 382 g/mol. The van der Waals surface area contributed by atoms with Gasteiger partial charge in [0.05, 0.1) is 11.3 Å². The van der Waals surface area contributed by atoms with Crippen molar-refractivity contribution in [2.24, 2.45) is 0 Å². The molecule has 0 unspecified atom stereocenters. The van der Waals surface area contributed by atoms with Crippen LogP contribution >= 0.6 is 15.9 Å². The van der Waals surface area contributed by atoms with E-state index in [4.69, 9.17) is 0 Å². The number of rotatable bonds is 6. The Balaban J connectivity index is 1.86. The average Bonchev–Trinajstić information content (AvgIpc) is 2.63. The summed E-state index contributed by atoms with van der Waals surface area (Å²) in [6, 6.07) is 11.8. The number of nitrogens with one attached hydrogen (secondary N) is 1. The van der Waals surface area contributed by atoms with Gasteiger partial charge in [-0.15, -0.1) is 0 Å². The number of anilines is 1. The van der Waals surface area contributed by atoms with Crippen molar-refractivity contribution < 1.29 is 14.4 Å². The molecule has 1 aliphatic rings. The number of unbranched alkanes of at least 4 members (excludes halogenated alkanes) is 2. The van der Waals surface area contributed by atoms with Crippen molar-refractivity contribution >= 4 is 39.1 Å². The average molecular weight is 400 g/mol. The van der Waals surface area contributed by atoms with Gasteiger partial charge in [-0.05, 0) is 18.9 Å². The first-order valence-electron chi connectivity index (χ1n) is 8.30. The summed E-state index contributed by atoms with van der Waals surface area (Å²) in [4.78, 5) is 37.7. The Morgan fingerprint density at radius 3 is 2.24 bits per heavy atom. The standard InChI is InChI=1S/C20H18BrNO3/c21-12-5-1-2-11-17(23)22-16-10-6-9-15-18(16)20(25)14-8-4-3-7-13(14)19(15)24/h3-4,6-10H,1-2,5,11-12H2,(H,22,23). The largest absolute Gasteiger partial charge is 0.325 e. The third-order valence-corrected chi connectivity index (χ3v) is 4.82. The zero-order chi connectivity index (χ0) is 17.8. The Kier molecular flexibility index (Phi) is 5.43. The van der Waals surface area contributed by atoms with Crippen LogP contribution in [0.4, 0.5) is 5.69 Å². The minimum Gasteiger partial charge on any atom is -0.325 e. The molecule has 0 aromatic heterocycles. The van der Waals surface area contributed by atoms with Crippen molar-refractivity contribution in [3.8, 4) is 0 Å². The molecule has 1 aliphatic carbocycles. The van der Waals surface area contributed by atoms with Crippen LogP contribution < -0.4 is 5.32 Å². The smallest absolute Gasteiger partial charge is 0.224 e. The zero-order valence-electron chi connectivity index (χ0n) is 13.7. The van der Waals surface area contributed by atoms with Gasteiger partial charge >= 0.3 is 0 Å². The molecule has 0 heterocycles. The first kappa shape index (κ1) is 17.5. The number of carbonyl (C=O) groups excluding carboxylic acids is 3. The first-order valence-corrected chi connectivity index (χ1v) is 9.43. The Morgan fingerprint density at radius 1 is 0.840 bits per heavy atom. The zero-order valence-corrected chi connectivity index (χ0v) is 15.3. The van der Waals surface area contributed by atoms with E-state index in [1.54, 1.807) is 42.5 Å². The molecule has 128 valence electrons. The molecule has 1 amide bonds. The lowest BCUT2D eigenvalue weighted by Gasteiger charge is -2.20. The van der Waals surface area contributed by atoms with Gasteiger partial charge in [0.15, 0.2) is 11.6 Å². The summed E-state index contributed by atoms with van der Waals surface area (Å²) in [5.74, 6) is -0.541. The van der Waals surface area contributed by atoms with Crippen molar-refractivity contribution in [1.82, 2.24) is 0 Å². The summed E-state index contributed by atoms with van der Waals surface area (Å²) in [5.41, 5.74) is 1.86. The van der Waals surface area contributed by atoms with Gasteiger partial charge in [-0.2, -0.15) is 0 Å². The van der Waals surface area contributed by atoms with Gasteiger partial charge in [0.25, 0.3) is 0 Å². The summed E-state index contributed by atoms with van der Waals surface area (Å²) in [6.07, 6.45) is 3.19. The van der Waals surface area contributed by atoms with E-state index < -0.39 is 0 Å². The molecule has 3 rings (SSSR count). The van der Waals surface area contributed by atoms with Crippen molar-refractivity contribution in [2.75, 3.05) is 10.6 Å². The van der Waals surface area contributed by atoms with E-state index in [1.165, 1.54) is 0 Å². The summed E-state index contributed by atoms with van der Waals surface area (Å²) in [7, 11) is 0. The number of carbonyl (C=O) groups is 3. The van der Waals surface area contributed by atoms with E-state index in [1.807, 2.05) is 0 Å². The van der Waals surface area contributed by atoms with E-state index >= 15 is 0 Å². The molecule has 0 saturated heterocycles. The van der Waals surface area contributed by atoms with Gasteiger partial charge in [-0.1, -0.05) is 58.7 Å². The van der Waals surface area contributed by atoms with Crippen LogP contribution in [0.5, 0.6) is 0 Å². The summed E-state index contributed by atoms with van der Waals surface area (Å²) in [6.45, 7) is 0. The number of alkyl halides is 1. The Bertz CT molecular complexity index is 845. The Morgan fingerprint density at radius 2 is 1.52 bits per heavy atom. The highest BCUT2D eigenvalue weighted by Crippen LogP contribution is 2.32. The molecule has 2 aromatic rings. The van der Waals surface area contributed by atoms with Gasteiger partial charge in [-0.25, -0.2) is 0 Å². The maximum absolute atomic E-state index is 12.8. The fourth-order valence-electron chi connectivity index (χ4n) is 3.02. The van der Waals surface area contributed by atoms with Crippen molar-refractivity contribution in [2.45, 2.75) is 25.7 Å². The highest BCUT2D eigenvalue weighted by Gasteiger charge is 2.31. The van der Waals surface area contributed by atoms with Crippen LogP contribution in [-0.4, -0.2) is 22.8 Å². The fourth-order valence-corrected chi connectivity index (χ4v) is 3.42. The van der Waals surface area contributed by atoms with Crippen molar-refractivity contribution in [3.63, 3.8) is 0 Å². The molecule has 0 saturated carbocycles. The van der Waals surface area contributed by atoms with E-state index in [0.717, 1.165) is 24.6 Å². The van der Waals surface area contributed by atoms with Crippen LogP contribution in [0.3, 0.4) is 0 Å². The third kappa shape index (κ3) is 3.56.